The van der Waals surface area contributed by atoms with E-state index in [9.17, 15) is 9.59 Å². The SMILES string of the molecule is C=CCNC(=O)NC(=O)CN1CCN(Cc2nc(C(C)C)no2)CC1. The molecule has 1 saturated heterocycles. The molecule has 0 saturated carbocycles. The molecule has 138 valence electrons. The van der Waals surface area contributed by atoms with E-state index in [0.29, 0.717) is 19.0 Å². The van der Waals surface area contributed by atoms with Gasteiger partial charge in [-0.05, 0) is 0 Å². The Morgan fingerprint density at radius 1 is 1.28 bits per heavy atom. The zero-order valence-corrected chi connectivity index (χ0v) is 14.8. The average Bonchev–Trinajstić information content (AvgIpc) is 3.03. The maximum atomic E-state index is 11.8. The highest BCUT2D eigenvalue weighted by atomic mass is 16.5. The second kappa shape index (κ2) is 9.28. The van der Waals surface area contributed by atoms with E-state index in [0.717, 1.165) is 32.0 Å². The van der Waals surface area contributed by atoms with Gasteiger partial charge in [-0.25, -0.2) is 4.79 Å². The summed E-state index contributed by atoms with van der Waals surface area (Å²) in [4.78, 5) is 31.9. The van der Waals surface area contributed by atoms with Crippen molar-refractivity contribution in [2.75, 3.05) is 39.3 Å². The van der Waals surface area contributed by atoms with E-state index in [2.05, 4.69) is 32.3 Å². The Morgan fingerprint density at radius 2 is 1.96 bits per heavy atom. The van der Waals surface area contributed by atoms with Crippen LogP contribution in [0.4, 0.5) is 4.79 Å². The van der Waals surface area contributed by atoms with E-state index in [1.165, 1.54) is 0 Å². The summed E-state index contributed by atoms with van der Waals surface area (Å²) in [5, 5.41) is 8.77. The summed E-state index contributed by atoms with van der Waals surface area (Å²) in [6, 6.07) is -0.499. The van der Waals surface area contributed by atoms with Crippen molar-refractivity contribution in [2.24, 2.45) is 0 Å². The van der Waals surface area contributed by atoms with E-state index >= 15 is 0 Å². The van der Waals surface area contributed by atoms with Crippen molar-refractivity contribution in [2.45, 2.75) is 26.3 Å². The van der Waals surface area contributed by atoms with E-state index < -0.39 is 6.03 Å². The highest BCUT2D eigenvalue weighted by Crippen LogP contribution is 2.12. The molecule has 2 N–H and O–H groups in total. The van der Waals surface area contributed by atoms with Gasteiger partial charge in [-0.1, -0.05) is 25.1 Å². The third-order valence-electron chi connectivity index (χ3n) is 3.85. The number of imide groups is 1. The second-order valence-corrected chi connectivity index (χ2v) is 6.30. The normalized spacial score (nSPS) is 16.0. The van der Waals surface area contributed by atoms with Crippen molar-refractivity contribution in [3.63, 3.8) is 0 Å². The standard InChI is InChI=1S/C16H26N6O3/c1-4-5-17-16(24)18-13(23)10-21-6-8-22(9-7-21)11-14-19-15(12(2)3)20-25-14/h4,12H,1,5-11H2,2-3H3,(H2,17,18,23,24). The molecule has 25 heavy (non-hydrogen) atoms. The molecule has 1 aliphatic rings. The van der Waals surface area contributed by atoms with Gasteiger partial charge in [0.15, 0.2) is 5.82 Å². The quantitative estimate of drug-likeness (QED) is 0.683. The number of carbonyl (C=O) groups excluding carboxylic acids is 2. The third-order valence-corrected chi connectivity index (χ3v) is 3.85. The number of urea groups is 1. The summed E-state index contributed by atoms with van der Waals surface area (Å²) in [7, 11) is 0. The Balaban J connectivity index is 1.69. The van der Waals surface area contributed by atoms with E-state index in [-0.39, 0.29) is 18.4 Å². The number of piperazine rings is 1. The fraction of sp³-hybridized carbons (Fsp3) is 0.625. The molecular weight excluding hydrogens is 324 g/mol. The number of nitrogens with one attached hydrogen (secondary N) is 2. The summed E-state index contributed by atoms with van der Waals surface area (Å²) in [6.07, 6.45) is 1.55. The van der Waals surface area contributed by atoms with Crippen LogP contribution in [0.25, 0.3) is 0 Å². The van der Waals surface area contributed by atoms with Gasteiger partial charge in [0.25, 0.3) is 0 Å². The summed E-state index contributed by atoms with van der Waals surface area (Å²) in [5.41, 5.74) is 0. The van der Waals surface area contributed by atoms with Crippen LogP contribution in [0.1, 0.15) is 31.5 Å². The van der Waals surface area contributed by atoms with Gasteiger partial charge in [-0.3, -0.25) is 19.9 Å². The molecule has 0 aliphatic carbocycles. The lowest BCUT2D eigenvalue weighted by Gasteiger charge is -2.33. The zero-order valence-electron chi connectivity index (χ0n) is 14.8. The second-order valence-electron chi connectivity index (χ2n) is 6.30. The van der Waals surface area contributed by atoms with Crippen LogP contribution in [0.15, 0.2) is 17.2 Å². The largest absolute Gasteiger partial charge is 0.338 e. The van der Waals surface area contributed by atoms with Crippen LogP contribution in [0.3, 0.4) is 0 Å². The molecule has 9 nitrogen and oxygen atoms in total. The summed E-state index contributed by atoms with van der Waals surface area (Å²) in [5.74, 6) is 1.28. The fourth-order valence-corrected chi connectivity index (χ4v) is 2.44. The van der Waals surface area contributed by atoms with Gasteiger partial charge in [0, 0.05) is 38.6 Å². The van der Waals surface area contributed by atoms with Crippen LogP contribution in [0, 0.1) is 0 Å². The fourth-order valence-electron chi connectivity index (χ4n) is 2.44. The lowest BCUT2D eigenvalue weighted by molar-refractivity contribution is -0.121. The van der Waals surface area contributed by atoms with Crippen molar-refractivity contribution in [1.29, 1.82) is 0 Å². The lowest BCUT2D eigenvalue weighted by atomic mass is 10.2. The average molecular weight is 350 g/mol. The number of rotatable bonds is 7. The third kappa shape index (κ3) is 6.28. The summed E-state index contributed by atoms with van der Waals surface area (Å²) >= 11 is 0. The molecule has 0 aromatic carbocycles. The molecule has 0 unspecified atom stereocenters. The molecule has 1 aromatic heterocycles. The van der Waals surface area contributed by atoms with Gasteiger partial charge in [-0.15, -0.1) is 6.58 Å². The first-order valence-corrected chi connectivity index (χ1v) is 8.43. The van der Waals surface area contributed by atoms with Gasteiger partial charge in [0.05, 0.1) is 13.1 Å². The molecule has 1 fully saturated rings. The van der Waals surface area contributed by atoms with Crippen LogP contribution >= 0.6 is 0 Å². The Morgan fingerprint density at radius 3 is 2.56 bits per heavy atom. The van der Waals surface area contributed by atoms with Gasteiger partial charge in [0.1, 0.15) is 0 Å². The predicted molar refractivity (Wildman–Crippen MR) is 91.8 cm³/mol. The molecule has 9 heteroatoms. The van der Waals surface area contributed by atoms with Gasteiger partial charge >= 0.3 is 6.03 Å². The smallest absolute Gasteiger partial charge is 0.321 e. The molecule has 1 aromatic rings. The maximum absolute atomic E-state index is 11.8. The summed E-state index contributed by atoms with van der Waals surface area (Å²) in [6.45, 7) is 11.8. The number of amides is 3. The Labute approximate surface area is 147 Å². The number of nitrogens with zero attached hydrogens (tertiary/aromatic N) is 4. The maximum Gasteiger partial charge on any atom is 0.321 e. The highest BCUT2D eigenvalue weighted by molar-refractivity contribution is 5.95. The number of hydrogen-bond acceptors (Lipinski definition) is 7. The molecule has 0 spiro atoms. The van der Waals surface area contributed by atoms with Gasteiger partial charge in [-0.2, -0.15) is 4.98 Å². The highest BCUT2D eigenvalue weighted by Gasteiger charge is 2.21. The molecule has 1 aliphatic heterocycles. The van der Waals surface area contributed by atoms with Crippen molar-refractivity contribution in [1.82, 2.24) is 30.6 Å². The van der Waals surface area contributed by atoms with Gasteiger partial charge < -0.3 is 9.84 Å². The first-order chi connectivity index (χ1) is 12.0. The molecular formula is C16H26N6O3. The van der Waals surface area contributed by atoms with Crippen LogP contribution in [-0.2, 0) is 11.3 Å². The molecule has 0 atom stereocenters. The van der Waals surface area contributed by atoms with E-state index in [4.69, 9.17) is 4.52 Å². The van der Waals surface area contributed by atoms with Crippen molar-refractivity contribution in [3.05, 3.63) is 24.4 Å². The zero-order chi connectivity index (χ0) is 18.2. The minimum atomic E-state index is -0.499. The van der Waals surface area contributed by atoms with E-state index in [1.807, 2.05) is 18.7 Å². The molecule has 0 bridgehead atoms. The van der Waals surface area contributed by atoms with Crippen LogP contribution in [0.5, 0.6) is 0 Å². The minimum absolute atomic E-state index is 0.202. The van der Waals surface area contributed by atoms with Crippen molar-refractivity contribution in [3.8, 4) is 0 Å². The first-order valence-electron chi connectivity index (χ1n) is 8.43. The molecule has 0 radical (unpaired) electrons. The Kier molecular flexibility index (Phi) is 7.08. The molecule has 3 amide bonds. The first kappa shape index (κ1) is 19.1. The number of carbonyl (C=O) groups is 2. The van der Waals surface area contributed by atoms with Crippen molar-refractivity contribution < 1.29 is 14.1 Å². The van der Waals surface area contributed by atoms with Crippen LogP contribution in [0.2, 0.25) is 0 Å². The molecule has 2 rings (SSSR count). The lowest BCUT2D eigenvalue weighted by Crippen LogP contribution is -2.50. The van der Waals surface area contributed by atoms with Crippen LogP contribution < -0.4 is 10.6 Å². The summed E-state index contributed by atoms with van der Waals surface area (Å²) < 4.78 is 5.26. The topological polar surface area (TPSA) is 104 Å². The number of hydrogen-bond donors (Lipinski definition) is 2. The Bertz CT molecular complexity index is 592. The predicted octanol–water partition coefficient (Wildman–Crippen LogP) is 0.322. The van der Waals surface area contributed by atoms with Gasteiger partial charge in [0.2, 0.25) is 11.8 Å². The number of aromatic nitrogens is 2. The van der Waals surface area contributed by atoms with E-state index in [1.54, 1.807) is 6.08 Å². The van der Waals surface area contributed by atoms with Crippen LogP contribution in [-0.4, -0.2) is 71.1 Å². The monoisotopic (exact) mass is 350 g/mol. The Hall–Kier alpha value is -2.26. The van der Waals surface area contributed by atoms with Crippen molar-refractivity contribution >= 4 is 11.9 Å². The molecule has 2 heterocycles. The minimum Gasteiger partial charge on any atom is -0.338 e.